The molecule has 1 fully saturated rings. The SMILES string of the molecule is CCN(c1cccc(N)n1)C1CCCC1. The lowest BCUT2D eigenvalue weighted by Crippen LogP contribution is -2.33. The third kappa shape index (κ3) is 2.22. The summed E-state index contributed by atoms with van der Waals surface area (Å²) in [6, 6.07) is 6.55. The summed E-state index contributed by atoms with van der Waals surface area (Å²) < 4.78 is 0. The molecule has 1 aromatic heterocycles. The van der Waals surface area contributed by atoms with Crippen molar-refractivity contribution < 1.29 is 0 Å². The van der Waals surface area contributed by atoms with E-state index in [9.17, 15) is 0 Å². The van der Waals surface area contributed by atoms with Gasteiger partial charge in [0.1, 0.15) is 11.6 Å². The predicted molar refractivity (Wildman–Crippen MR) is 63.9 cm³/mol. The van der Waals surface area contributed by atoms with Gasteiger partial charge in [-0.1, -0.05) is 18.9 Å². The number of nitrogen functional groups attached to an aromatic ring is 1. The fraction of sp³-hybridized carbons (Fsp3) is 0.583. The molecule has 3 nitrogen and oxygen atoms in total. The van der Waals surface area contributed by atoms with Gasteiger partial charge in [-0.25, -0.2) is 4.98 Å². The van der Waals surface area contributed by atoms with E-state index in [1.165, 1.54) is 25.7 Å². The first kappa shape index (κ1) is 10.3. The van der Waals surface area contributed by atoms with E-state index in [0.717, 1.165) is 12.4 Å². The summed E-state index contributed by atoms with van der Waals surface area (Å²) in [6.45, 7) is 3.20. The van der Waals surface area contributed by atoms with E-state index in [4.69, 9.17) is 5.73 Å². The third-order valence-corrected chi connectivity index (χ3v) is 3.16. The van der Waals surface area contributed by atoms with Crippen molar-refractivity contribution in [1.82, 2.24) is 4.98 Å². The van der Waals surface area contributed by atoms with Gasteiger partial charge in [0.25, 0.3) is 0 Å². The first-order valence-electron chi connectivity index (χ1n) is 5.80. The average Bonchev–Trinajstić information content (AvgIpc) is 2.72. The number of hydrogen-bond donors (Lipinski definition) is 1. The van der Waals surface area contributed by atoms with E-state index in [1.54, 1.807) is 0 Å². The highest BCUT2D eigenvalue weighted by molar-refractivity contribution is 5.45. The molecule has 0 bridgehead atoms. The molecule has 0 aromatic carbocycles. The maximum absolute atomic E-state index is 5.71. The molecular formula is C12H19N3. The molecule has 1 aromatic rings. The topological polar surface area (TPSA) is 42.1 Å². The van der Waals surface area contributed by atoms with Crippen LogP contribution in [0.3, 0.4) is 0 Å². The van der Waals surface area contributed by atoms with Crippen LogP contribution in [0.25, 0.3) is 0 Å². The van der Waals surface area contributed by atoms with E-state index >= 15 is 0 Å². The van der Waals surface area contributed by atoms with Crippen molar-refractivity contribution in [3.05, 3.63) is 18.2 Å². The van der Waals surface area contributed by atoms with Gasteiger partial charge in [0.2, 0.25) is 0 Å². The number of aromatic nitrogens is 1. The Morgan fingerprint density at radius 1 is 1.40 bits per heavy atom. The van der Waals surface area contributed by atoms with Crippen LogP contribution in [0.5, 0.6) is 0 Å². The molecule has 1 heterocycles. The quantitative estimate of drug-likeness (QED) is 0.824. The Balaban J connectivity index is 2.18. The Kier molecular flexibility index (Phi) is 3.09. The maximum atomic E-state index is 5.71. The zero-order valence-electron chi connectivity index (χ0n) is 9.32. The van der Waals surface area contributed by atoms with Crippen molar-refractivity contribution in [2.24, 2.45) is 0 Å². The minimum Gasteiger partial charge on any atom is -0.384 e. The van der Waals surface area contributed by atoms with Crippen molar-refractivity contribution in [2.45, 2.75) is 38.6 Å². The molecule has 2 N–H and O–H groups in total. The van der Waals surface area contributed by atoms with Crippen LogP contribution in [0.4, 0.5) is 11.6 Å². The zero-order valence-corrected chi connectivity index (χ0v) is 9.32. The lowest BCUT2D eigenvalue weighted by molar-refractivity contribution is 0.613. The van der Waals surface area contributed by atoms with Gasteiger partial charge in [0.15, 0.2) is 0 Å². The summed E-state index contributed by atoms with van der Waals surface area (Å²) in [7, 11) is 0. The fourth-order valence-electron chi connectivity index (χ4n) is 2.42. The lowest BCUT2D eigenvalue weighted by atomic mass is 10.2. The lowest BCUT2D eigenvalue weighted by Gasteiger charge is -2.28. The van der Waals surface area contributed by atoms with Gasteiger partial charge >= 0.3 is 0 Å². The highest BCUT2D eigenvalue weighted by Gasteiger charge is 2.22. The van der Waals surface area contributed by atoms with Crippen molar-refractivity contribution in [1.29, 1.82) is 0 Å². The van der Waals surface area contributed by atoms with Gasteiger partial charge < -0.3 is 10.6 Å². The Bertz CT molecular complexity index is 318. The van der Waals surface area contributed by atoms with Gasteiger partial charge in [0, 0.05) is 12.6 Å². The van der Waals surface area contributed by atoms with Crippen LogP contribution in [0.2, 0.25) is 0 Å². The van der Waals surface area contributed by atoms with Crippen LogP contribution in [0.15, 0.2) is 18.2 Å². The average molecular weight is 205 g/mol. The van der Waals surface area contributed by atoms with E-state index in [1.807, 2.05) is 12.1 Å². The molecule has 0 atom stereocenters. The first-order chi connectivity index (χ1) is 7.31. The molecule has 82 valence electrons. The smallest absolute Gasteiger partial charge is 0.131 e. The number of nitrogens with two attached hydrogens (primary N) is 1. The van der Waals surface area contributed by atoms with Crippen LogP contribution >= 0.6 is 0 Å². The molecule has 1 aliphatic carbocycles. The maximum Gasteiger partial charge on any atom is 0.131 e. The highest BCUT2D eigenvalue weighted by atomic mass is 15.2. The van der Waals surface area contributed by atoms with E-state index in [-0.39, 0.29) is 0 Å². The first-order valence-corrected chi connectivity index (χ1v) is 5.80. The molecule has 15 heavy (non-hydrogen) atoms. The Morgan fingerprint density at radius 3 is 2.73 bits per heavy atom. The second kappa shape index (κ2) is 4.51. The fourth-order valence-corrected chi connectivity index (χ4v) is 2.42. The number of nitrogens with zero attached hydrogens (tertiary/aromatic N) is 2. The molecular weight excluding hydrogens is 186 g/mol. The van der Waals surface area contributed by atoms with Gasteiger partial charge in [-0.3, -0.25) is 0 Å². The predicted octanol–water partition coefficient (Wildman–Crippen LogP) is 2.43. The number of anilines is 2. The van der Waals surface area contributed by atoms with E-state index in [2.05, 4.69) is 22.9 Å². The number of pyridine rings is 1. The molecule has 0 unspecified atom stereocenters. The zero-order chi connectivity index (χ0) is 10.7. The minimum atomic E-state index is 0.615. The summed E-state index contributed by atoms with van der Waals surface area (Å²) in [5.74, 6) is 1.65. The summed E-state index contributed by atoms with van der Waals surface area (Å²) >= 11 is 0. The van der Waals surface area contributed by atoms with E-state index < -0.39 is 0 Å². The third-order valence-electron chi connectivity index (χ3n) is 3.16. The standard InChI is InChI=1S/C12H19N3/c1-2-15(10-6-3-4-7-10)12-9-5-8-11(13)14-12/h5,8-10H,2-4,6-7H2,1H3,(H2,13,14). The summed E-state index contributed by atoms with van der Waals surface area (Å²) in [6.07, 6.45) is 5.29. The van der Waals surface area contributed by atoms with Gasteiger partial charge in [0.05, 0.1) is 0 Å². The molecule has 0 aliphatic heterocycles. The summed E-state index contributed by atoms with van der Waals surface area (Å²) in [4.78, 5) is 6.77. The number of rotatable bonds is 3. The van der Waals surface area contributed by atoms with Crippen LogP contribution in [0, 0.1) is 0 Å². The van der Waals surface area contributed by atoms with Gasteiger partial charge in [-0.05, 0) is 31.9 Å². The van der Waals surface area contributed by atoms with Gasteiger partial charge in [-0.15, -0.1) is 0 Å². The molecule has 0 radical (unpaired) electrons. The Labute approximate surface area is 91.3 Å². The molecule has 1 saturated carbocycles. The largest absolute Gasteiger partial charge is 0.384 e. The normalized spacial score (nSPS) is 16.9. The monoisotopic (exact) mass is 205 g/mol. The molecule has 0 amide bonds. The Hall–Kier alpha value is -1.25. The highest BCUT2D eigenvalue weighted by Crippen LogP contribution is 2.27. The summed E-state index contributed by atoms with van der Waals surface area (Å²) in [5.41, 5.74) is 5.71. The van der Waals surface area contributed by atoms with Gasteiger partial charge in [-0.2, -0.15) is 0 Å². The minimum absolute atomic E-state index is 0.615. The molecule has 1 aliphatic rings. The number of hydrogen-bond acceptors (Lipinski definition) is 3. The van der Waals surface area contributed by atoms with Crippen LogP contribution in [0.1, 0.15) is 32.6 Å². The van der Waals surface area contributed by atoms with Crippen molar-refractivity contribution in [3.8, 4) is 0 Å². The van der Waals surface area contributed by atoms with Crippen molar-refractivity contribution in [2.75, 3.05) is 17.2 Å². The van der Waals surface area contributed by atoms with Crippen molar-refractivity contribution >= 4 is 11.6 Å². The Morgan fingerprint density at radius 2 is 2.13 bits per heavy atom. The van der Waals surface area contributed by atoms with Crippen LogP contribution < -0.4 is 10.6 Å². The second-order valence-corrected chi connectivity index (χ2v) is 4.14. The second-order valence-electron chi connectivity index (χ2n) is 4.14. The van der Waals surface area contributed by atoms with E-state index in [0.29, 0.717) is 11.9 Å². The molecule has 0 saturated heterocycles. The molecule has 3 heteroatoms. The van der Waals surface area contributed by atoms with Crippen molar-refractivity contribution in [3.63, 3.8) is 0 Å². The van der Waals surface area contributed by atoms with Crippen LogP contribution in [-0.2, 0) is 0 Å². The molecule has 2 rings (SSSR count). The molecule has 0 spiro atoms. The van der Waals surface area contributed by atoms with Crippen LogP contribution in [-0.4, -0.2) is 17.6 Å². The summed E-state index contributed by atoms with van der Waals surface area (Å²) in [5, 5.41) is 0.